The van der Waals surface area contributed by atoms with Crippen LogP contribution < -0.4 is 0 Å². The summed E-state index contributed by atoms with van der Waals surface area (Å²) in [5.41, 5.74) is -1.16. The Balaban J connectivity index is 1.12. The van der Waals surface area contributed by atoms with Crippen LogP contribution in [-0.2, 0) is 23.8 Å². The second-order valence-electron chi connectivity index (χ2n) is 10.6. The number of carbonyl (C=O) groups is 2. The first-order chi connectivity index (χ1) is 13.8. The van der Waals surface area contributed by atoms with Gasteiger partial charge in [0.25, 0.3) is 0 Å². The van der Waals surface area contributed by atoms with Crippen molar-refractivity contribution in [3.63, 3.8) is 0 Å². The summed E-state index contributed by atoms with van der Waals surface area (Å²) in [6.45, 7) is 1.21. The fourth-order valence-electron chi connectivity index (χ4n) is 7.12. The third-order valence-electron chi connectivity index (χ3n) is 8.17. The molecule has 0 radical (unpaired) electrons. The summed E-state index contributed by atoms with van der Waals surface area (Å²) in [5.74, 6) is -0.940. The Morgan fingerprint density at radius 2 is 1.62 bits per heavy atom. The zero-order valence-corrected chi connectivity index (χ0v) is 16.9. The van der Waals surface area contributed by atoms with Gasteiger partial charge in [-0.2, -0.15) is 0 Å². The highest BCUT2D eigenvalue weighted by atomic mass is 16.7. The third kappa shape index (κ3) is 3.59. The average Bonchev–Trinajstić information content (AvgIpc) is 2.66. The molecule has 0 amide bonds. The van der Waals surface area contributed by atoms with E-state index in [0.29, 0.717) is 57.2 Å². The second-order valence-corrected chi connectivity index (χ2v) is 10.6. The van der Waals surface area contributed by atoms with Crippen molar-refractivity contribution in [2.45, 2.75) is 75.6 Å². The van der Waals surface area contributed by atoms with Crippen LogP contribution in [0.15, 0.2) is 0 Å². The number of hydrogen-bond donors (Lipinski definition) is 2. The van der Waals surface area contributed by atoms with E-state index in [4.69, 9.17) is 19.3 Å². The Bertz CT molecular complexity index is 657. The summed E-state index contributed by atoms with van der Waals surface area (Å²) in [6, 6.07) is 0. The van der Waals surface area contributed by atoms with Crippen LogP contribution >= 0.6 is 0 Å². The molecule has 162 valence electrons. The number of rotatable bonds is 4. The summed E-state index contributed by atoms with van der Waals surface area (Å²) in [4.78, 5) is 24.1. The lowest BCUT2D eigenvalue weighted by atomic mass is 9.48. The maximum absolute atomic E-state index is 13.0. The quantitative estimate of drug-likeness (QED) is 0.689. The largest absolute Gasteiger partial charge is 0.481 e. The first-order valence-electron chi connectivity index (χ1n) is 11.2. The van der Waals surface area contributed by atoms with Crippen molar-refractivity contribution in [2.75, 3.05) is 19.8 Å². The van der Waals surface area contributed by atoms with Gasteiger partial charge in [0, 0.05) is 18.8 Å². The van der Waals surface area contributed by atoms with Gasteiger partial charge in [-0.05, 0) is 63.2 Å². The monoisotopic (exact) mass is 408 g/mol. The summed E-state index contributed by atoms with van der Waals surface area (Å²) in [7, 11) is 0. The van der Waals surface area contributed by atoms with E-state index in [1.807, 2.05) is 0 Å². The van der Waals surface area contributed by atoms with E-state index in [0.717, 1.165) is 32.1 Å². The molecule has 1 spiro atoms. The molecule has 2 atom stereocenters. The van der Waals surface area contributed by atoms with Crippen LogP contribution in [0.5, 0.6) is 0 Å². The maximum Gasteiger partial charge on any atom is 0.312 e. The molecule has 0 aromatic heterocycles. The minimum absolute atomic E-state index is 0.00114. The molecule has 1 aliphatic heterocycles. The molecule has 1 heterocycles. The molecule has 6 fully saturated rings. The van der Waals surface area contributed by atoms with Crippen LogP contribution in [-0.4, -0.2) is 53.4 Å². The number of carbonyl (C=O) groups excluding carboxylic acids is 1. The van der Waals surface area contributed by atoms with Crippen molar-refractivity contribution in [1.29, 1.82) is 0 Å². The normalized spacial score (nSPS) is 48.6. The maximum atomic E-state index is 13.0. The first-order valence-corrected chi connectivity index (χ1v) is 11.2. The highest BCUT2D eigenvalue weighted by Crippen LogP contribution is 2.62. The molecule has 6 rings (SSSR count). The predicted octanol–water partition coefficient (Wildman–Crippen LogP) is 2.50. The lowest BCUT2D eigenvalue weighted by Crippen LogP contribution is -2.58. The van der Waals surface area contributed by atoms with Gasteiger partial charge in [-0.15, -0.1) is 0 Å². The van der Waals surface area contributed by atoms with E-state index >= 15 is 0 Å². The predicted molar refractivity (Wildman–Crippen MR) is 101 cm³/mol. The summed E-state index contributed by atoms with van der Waals surface area (Å²) >= 11 is 0. The molecular formula is C22H32O7. The van der Waals surface area contributed by atoms with E-state index in [1.54, 1.807) is 0 Å². The van der Waals surface area contributed by atoms with Gasteiger partial charge in [0.05, 0.1) is 36.8 Å². The molecule has 0 aromatic rings. The highest BCUT2D eigenvalue weighted by Gasteiger charge is 2.61. The number of aliphatic carboxylic acids is 1. The van der Waals surface area contributed by atoms with Crippen LogP contribution in [0.3, 0.4) is 0 Å². The number of carboxylic acid groups (broad SMARTS) is 1. The molecule has 4 bridgehead atoms. The smallest absolute Gasteiger partial charge is 0.312 e. The molecule has 1 saturated heterocycles. The van der Waals surface area contributed by atoms with Gasteiger partial charge in [0.2, 0.25) is 0 Å². The van der Waals surface area contributed by atoms with Gasteiger partial charge in [-0.1, -0.05) is 0 Å². The fraction of sp³-hybridized carbons (Fsp3) is 0.909. The molecule has 7 nitrogen and oxygen atoms in total. The summed E-state index contributed by atoms with van der Waals surface area (Å²) in [5, 5.41) is 20.0. The first kappa shape index (κ1) is 19.8. The summed E-state index contributed by atoms with van der Waals surface area (Å²) < 4.78 is 17.7. The van der Waals surface area contributed by atoms with Crippen molar-refractivity contribution in [3.8, 4) is 0 Å². The standard InChI is InChI=1S/C22H32O7/c23-18(24)17-1-3-22(4-2-17)28-11-16(12-29-22)10-27-19(25)20-6-14-5-15(7-20)9-21(26,8-14)13-20/h14-17,26H,1-13H2,(H,23,24). The molecule has 2 unspecified atom stereocenters. The van der Waals surface area contributed by atoms with E-state index < -0.39 is 22.8 Å². The zero-order valence-electron chi connectivity index (χ0n) is 16.9. The Morgan fingerprint density at radius 1 is 1.00 bits per heavy atom. The number of esters is 1. The van der Waals surface area contributed by atoms with Gasteiger partial charge in [-0.3, -0.25) is 9.59 Å². The minimum atomic E-state index is -0.741. The highest BCUT2D eigenvalue weighted by molar-refractivity contribution is 5.77. The lowest BCUT2D eigenvalue weighted by Gasteiger charge is -2.58. The Morgan fingerprint density at radius 3 is 2.17 bits per heavy atom. The molecular weight excluding hydrogens is 376 g/mol. The van der Waals surface area contributed by atoms with Gasteiger partial charge < -0.3 is 24.4 Å². The van der Waals surface area contributed by atoms with Crippen LogP contribution in [0.25, 0.3) is 0 Å². The minimum Gasteiger partial charge on any atom is -0.481 e. The van der Waals surface area contributed by atoms with Crippen LogP contribution in [0, 0.1) is 29.1 Å². The van der Waals surface area contributed by atoms with Crippen molar-refractivity contribution >= 4 is 11.9 Å². The molecule has 5 saturated carbocycles. The Hall–Kier alpha value is -1.18. The van der Waals surface area contributed by atoms with E-state index in [2.05, 4.69) is 0 Å². The van der Waals surface area contributed by atoms with Gasteiger partial charge >= 0.3 is 11.9 Å². The summed E-state index contributed by atoms with van der Waals surface area (Å²) in [6.07, 6.45) is 7.44. The van der Waals surface area contributed by atoms with Gasteiger partial charge in [-0.25, -0.2) is 0 Å². The number of ether oxygens (including phenoxy) is 3. The number of aliphatic hydroxyl groups is 1. The SMILES string of the molecule is O=C(O)C1CCC2(CC1)OCC(COC(=O)C13CC4CC(CC(O)(C4)C1)C3)CO2. The van der Waals surface area contributed by atoms with Crippen molar-refractivity contribution in [1.82, 2.24) is 0 Å². The third-order valence-corrected chi connectivity index (χ3v) is 8.17. The van der Waals surface area contributed by atoms with Gasteiger partial charge in [0.15, 0.2) is 5.79 Å². The van der Waals surface area contributed by atoms with Crippen LogP contribution in [0.2, 0.25) is 0 Å². The van der Waals surface area contributed by atoms with E-state index in [-0.39, 0.29) is 24.4 Å². The van der Waals surface area contributed by atoms with Crippen molar-refractivity contribution < 1.29 is 34.0 Å². The van der Waals surface area contributed by atoms with Gasteiger partial charge in [0.1, 0.15) is 0 Å². The van der Waals surface area contributed by atoms with Crippen LogP contribution in [0.1, 0.15) is 64.2 Å². The van der Waals surface area contributed by atoms with Crippen molar-refractivity contribution in [3.05, 3.63) is 0 Å². The molecule has 7 heteroatoms. The zero-order chi connectivity index (χ0) is 20.3. The Labute approximate surface area is 171 Å². The Kier molecular flexibility index (Phi) is 4.72. The topological polar surface area (TPSA) is 102 Å². The molecule has 6 aliphatic rings. The van der Waals surface area contributed by atoms with Crippen LogP contribution in [0.4, 0.5) is 0 Å². The molecule has 29 heavy (non-hydrogen) atoms. The van der Waals surface area contributed by atoms with E-state index in [1.165, 1.54) is 0 Å². The van der Waals surface area contributed by atoms with E-state index in [9.17, 15) is 14.7 Å². The lowest BCUT2D eigenvalue weighted by molar-refractivity contribution is -0.300. The second kappa shape index (κ2) is 6.92. The average molecular weight is 408 g/mol. The molecule has 5 aliphatic carbocycles. The number of carboxylic acids is 1. The molecule has 2 N–H and O–H groups in total. The number of hydrogen-bond acceptors (Lipinski definition) is 6. The molecule has 0 aromatic carbocycles. The van der Waals surface area contributed by atoms with Crippen molar-refractivity contribution in [2.24, 2.45) is 29.1 Å². The fourth-order valence-corrected chi connectivity index (χ4v) is 7.12.